The molecule has 1 unspecified atom stereocenters. The Balaban J connectivity index is 1.55. The van der Waals surface area contributed by atoms with Gasteiger partial charge < -0.3 is 14.7 Å². The molecule has 0 aliphatic carbocycles. The molecule has 0 bridgehead atoms. The summed E-state index contributed by atoms with van der Waals surface area (Å²) in [5.74, 6) is 0.840. The van der Waals surface area contributed by atoms with Gasteiger partial charge in [-0.1, -0.05) is 11.6 Å². The van der Waals surface area contributed by atoms with Crippen LogP contribution in [0.3, 0.4) is 0 Å². The van der Waals surface area contributed by atoms with Crippen molar-refractivity contribution in [1.82, 2.24) is 9.88 Å². The first-order chi connectivity index (χ1) is 14.6. The van der Waals surface area contributed by atoms with Gasteiger partial charge in [-0.3, -0.25) is 9.78 Å². The van der Waals surface area contributed by atoms with Gasteiger partial charge in [0.2, 0.25) is 0 Å². The van der Waals surface area contributed by atoms with E-state index in [1.165, 1.54) is 17.8 Å². The number of piperidine rings is 1. The second kappa shape index (κ2) is 8.17. The van der Waals surface area contributed by atoms with Gasteiger partial charge in [0, 0.05) is 40.3 Å². The third kappa shape index (κ3) is 3.57. The highest BCUT2D eigenvalue weighted by Crippen LogP contribution is 2.44. The Morgan fingerprint density at radius 2 is 2.07 bits per heavy atom. The fraction of sp³-hybridized carbons (Fsp3) is 0.391. The summed E-state index contributed by atoms with van der Waals surface area (Å²) in [5.41, 5.74) is 3.72. The number of nitrogens with zero attached hydrogens (tertiary/aromatic N) is 2. The van der Waals surface area contributed by atoms with Gasteiger partial charge >= 0.3 is 0 Å². The molecule has 0 saturated carbocycles. The molecule has 1 amide bonds. The number of likely N-dealkylation sites (tertiary alicyclic amines) is 1. The van der Waals surface area contributed by atoms with Gasteiger partial charge in [-0.05, 0) is 61.9 Å². The number of benzene rings is 1. The molecule has 1 saturated heterocycles. The van der Waals surface area contributed by atoms with Crippen LogP contribution in [0, 0.1) is 0 Å². The molecule has 156 valence electrons. The Labute approximate surface area is 184 Å². The molecule has 7 heteroatoms. The maximum Gasteiger partial charge on any atom is 0.263 e. The average Bonchev–Trinajstić information content (AvgIpc) is 3.22. The number of fused-ring (bicyclic) bond motifs is 2. The number of halogens is 1. The van der Waals surface area contributed by atoms with Crippen LogP contribution in [-0.4, -0.2) is 40.1 Å². The largest absolute Gasteiger partial charge is 0.480 e. The van der Waals surface area contributed by atoms with Crippen molar-refractivity contribution in [3.8, 4) is 16.9 Å². The van der Waals surface area contributed by atoms with E-state index in [4.69, 9.17) is 16.3 Å². The standard InChI is InChI=1S/C23H23ClN2O3S/c24-15-10-14-4-5-20(23(28)26-8-2-1-3-9-26)29-21(14)18(11-15)17-6-7-25-19-12-16(13-27)30-22(17)19/h6-7,10-12,20,27H,1-5,8-9,13H2. The minimum atomic E-state index is -0.454. The number of carbonyl (C=O) groups is 1. The number of amides is 1. The molecule has 5 nitrogen and oxygen atoms in total. The van der Waals surface area contributed by atoms with E-state index in [-0.39, 0.29) is 12.5 Å². The van der Waals surface area contributed by atoms with Gasteiger partial charge in [0.05, 0.1) is 16.8 Å². The summed E-state index contributed by atoms with van der Waals surface area (Å²) in [5, 5.41) is 10.2. The summed E-state index contributed by atoms with van der Waals surface area (Å²) >= 11 is 7.97. The highest BCUT2D eigenvalue weighted by molar-refractivity contribution is 7.19. The van der Waals surface area contributed by atoms with Crippen LogP contribution < -0.4 is 4.74 Å². The number of hydrogen-bond acceptors (Lipinski definition) is 5. The molecule has 0 spiro atoms. The highest BCUT2D eigenvalue weighted by atomic mass is 35.5. The summed E-state index contributed by atoms with van der Waals surface area (Å²) in [6.07, 6.45) is 6.06. The van der Waals surface area contributed by atoms with Crippen LogP contribution in [0.5, 0.6) is 5.75 Å². The molecule has 30 heavy (non-hydrogen) atoms. The van der Waals surface area contributed by atoms with E-state index in [9.17, 15) is 9.90 Å². The number of hydrogen-bond donors (Lipinski definition) is 1. The number of aliphatic hydroxyl groups is 1. The quantitative estimate of drug-likeness (QED) is 0.632. The summed E-state index contributed by atoms with van der Waals surface area (Å²) in [6.45, 7) is 1.63. The molecule has 2 aromatic heterocycles. The Morgan fingerprint density at radius 3 is 2.87 bits per heavy atom. The van der Waals surface area contributed by atoms with Crippen LogP contribution in [0.25, 0.3) is 21.3 Å². The molecule has 1 N–H and O–H groups in total. The number of aryl methyl sites for hydroxylation is 1. The summed E-state index contributed by atoms with van der Waals surface area (Å²) in [6, 6.07) is 7.70. The fourth-order valence-corrected chi connectivity index (χ4v) is 5.67. The monoisotopic (exact) mass is 442 g/mol. The van der Waals surface area contributed by atoms with E-state index < -0.39 is 6.10 Å². The lowest BCUT2D eigenvalue weighted by atomic mass is 9.95. The second-order valence-electron chi connectivity index (χ2n) is 7.92. The summed E-state index contributed by atoms with van der Waals surface area (Å²) in [4.78, 5) is 20.3. The minimum absolute atomic E-state index is 0.0168. The number of rotatable bonds is 3. The van der Waals surface area contributed by atoms with E-state index in [1.54, 1.807) is 6.20 Å². The van der Waals surface area contributed by atoms with E-state index >= 15 is 0 Å². The van der Waals surface area contributed by atoms with E-state index in [0.717, 1.165) is 69.9 Å². The average molecular weight is 443 g/mol. The van der Waals surface area contributed by atoms with Crippen molar-refractivity contribution in [3.05, 3.63) is 45.9 Å². The van der Waals surface area contributed by atoms with Gasteiger partial charge in [0.1, 0.15) is 5.75 Å². The van der Waals surface area contributed by atoms with Crippen molar-refractivity contribution >= 4 is 39.1 Å². The maximum atomic E-state index is 13.1. The van der Waals surface area contributed by atoms with Gasteiger partial charge in [-0.15, -0.1) is 11.3 Å². The molecule has 0 radical (unpaired) electrons. The predicted molar refractivity (Wildman–Crippen MR) is 119 cm³/mol. The SMILES string of the molecule is O=C(C1CCc2cc(Cl)cc(-c3ccnc4cc(CO)sc34)c2O1)N1CCCCC1. The Kier molecular flexibility index (Phi) is 5.39. The molecular weight excluding hydrogens is 420 g/mol. The molecule has 2 aliphatic heterocycles. The molecule has 1 fully saturated rings. The topological polar surface area (TPSA) is 62.7 Å². The first-order valence-corrected chi connectivity index (χ1v) is 11.6. The smallest absolute Gasteiger partial charge is 0.263 e. The van der Waals surface area contributed by atoms with Gasteiger partial charge in [0.25, 0.3) is 5.91 Å². The molecule has 5 rings (SSSR count). The number of aliphatic hydroxyl groups excluding tert-OH is 1. The van der Waals surface area contributed by atoms with Crippen LogP contribution in [0.15, 0.2) is 30.5 Å². The van der Waals surface area contributed by atoms with Crippen molar-refractivity contribution < 1.29 is 14.6 Å². The Bertz CT molecular complexity index is 1110. The zero-order valence-corrected chi connectivity index (χ0v) is 18.1. The first-order valence-electron chi connectivity index (χ1n) is 10.4. The third-order valence-electron chi connectivity index (χ3n) is 5.92. The molecule has 2 aliphatic rings. The van der Waals surface area contributed by atoms with Crippen molar-refractivity contribution in [2.75, 3.05) is 13.1 Å². The Morgan fingerprint density at radius 1 is 1.23 bits per heavy atom. The maximum absolute atomic E-state index is 13.1. The molecule has 1 atom stereocenters. The number of aromatic nitrogens is 1. The molecule has 1 aromatic carbocycles. The number of thiophene rings is 1. The first kappa shape index (κ1) is 19.8. The van der Waals surface area contributed by atoms with Crippen LogP contribution in [0.2, 0.25) is 5.02 Å². The van der Waals surface area contributed by atoms with Crippen LogP contribution in [0.1, 0.15) is 36.1 Å². The van der Waals surface area contributed by atoms with Crippen molar-refractivity contribution in [2.45, 2.75) is 44.8 Å². The van der Waals surface area contributed by atoms with Gasteiger partial charge in [-0.25, -0.2) is 0 Å². The number of carbonyl (C=O) groups excluding carboxylic acids is 1. The number of ether oxygens (including phenoxy) is 1. The van der Waals surface area contributed by atoms with Crippen LogP contribution >= 0.6 is 22.9 Å². The lowest BCUT2D eigenvalue weighted by Crippen LogP contribution is -2.45. The van der Waals surface area contributed by atoms with Crippen molar-refractivity contribution in [2.24, 2.45) is 0 Å². The normalized spacial score (nSPS) is 18.9. The van der Waals surface area contributed by atoms with E-state index in [0.29, 0.717) is 11.4 Å². The van der Waals surface area contributed by atoms with Crippen molar-refractivity contribution in [1.29, 1.82) is 0 Å². The third-order valence-corrected chi connectivity index (χ3v) is 7.28. The fourth-order valence-electron chi connectivity index (χ4n) is 4.43. The zero-order chi connectivity index (χ0) is 20.7. The van der Waals surface area contributed by atoms with Crippen LogP contribution in [-0.2, 0) is 17.8 Å². The summed E-state index contributed by atoms with van der Waals surface area (Å²) in [7, 11) is 0. The van der Waals surface area contributed by atoms with Gasteiger partial charge in [0.15, 0.2) is 6.10 Å². The lowest BCUT2D eigenvalue weighted by Gasteiger charge is -2.33. The van der Waals surface area contributed by atoms with Crippen LogP contribution in [0.4, 0.5) is 0 Å². The second-order valence-corrected chi connectivity index (χ2v) is 9.49. The van der Waals surface area contributed by atoms with Gasteiger partial charge in [-0.2, -0.15) is 0 Å². The molecule has 3 aromatic rings. The molecular formula is C23H23ClN2O3S. The molecule has 4 heterocycles. The minimum Gasteiger partial charge on any atom is -0.480 e. The Hall–Kier alpha value is -2.15. The summed E-state index contributed by atoms with van der Waals surface area (Å²) < 4.78 is 7.34. The zero-order valence-electron chi connectivity index (χ0n) is 16.6. The van der Waals surface area contributed by atoms with E-state index in [2.05, 4.69) is 4.98 Å². The van der Waals surface area contributed by atoms with Crippen molar-refractivity contribution in [3.63, 3.8) is 0 Å². The number of pyridine rings is 1. The van der Waals surface area contributed by atoms with E-state index in [1.807, 2.05) is 29.2 Å². The lowest BCUT2D eigenvalue weighted by molar-refractivity contribution is -0.140. The predicted octanol–water partition coefficient (Wildman–Crippen LogP) is 4.82. The highest BCUT2D eigenvalue weighted by Gasteiger charge is 2.32.